The fourth-order valence-corrected chi connectivity index (χ4v) is 3.99. The molecule has 0 aliphatic rings. The molecule has 0 amide bonds. The molecule has 0 unspecified atom stereocenters. The van der Waals surface area contributed by atoms with Crippen LogP contribution in [0.4, 0.5) is 0 Å². The monoisotopic (exact) mass is 410 g/mol. The van der Waals surface area contributed by atoms with E-state index in [9.17, 15) is 0 Å². The van der Waals surface area contributed by atoms with E-state index in [1.807, 2.05) is 12.2 Å². The first-order chi connectivity index (χ1) is 15.2. The van der Waals surface area contributed by atoms with Crippen molar-refractivity contribution < 1.29 is 0 Å². The minimum atomic E-state index is 0.150. The number of rotatable bonds is 11. The largest absolute Gasteiger partial charge is 0.305 e. The van der Waals surface area contributed by atoms with Gasteiger partial charge in [0.05, 0.1) is 0 Å². The van der Waals surface area contributed by atoms with Crippen molar-refractivity contribution in [3.63, 3.8) is 0 Å². The summed E-state index contributed by atoms with van der Waals surface area (Å²) in [5.41, 5.74) is 3.87. The summed E-state index contributed by atoms with van der Waals surface area (Å²) in [6.45, 7) is 8.31. The van der Waals surface area contributed by atoms with Gasteiger partial charge in [-0.25, -0.2) is 0 Å². The van der Waals surface area contributed by atoms with Crippen molar-refractivity contribution in [1.82, 2.24) is 10.6 Å². The molecule has 0 saturated carbocycles. The molecular weight excluding hydrogens is 376 g/mol. The topological polar surface area (TPSA) is 24.1 Å². The summed E-state index contributed by atoms with van der Waals surface area (Å²) in [6, 6.07) is 32.9. The van der Waals surface area contributed by atoms with Gasteiger partial charge in [0.25, 0.3) is 0 Å². The Morgan fingerprint density at radius 3 is 1.61 bits per heavy atom. The Morgan fingerprint density at radius 2 is 1.13 bits per heavy atom. The maximum atomic E-state index is 3.91. The van der Waals surface area contributed by atoms with Crippen LogP contribution in [0.25, 0.3) is 0 Å². The average molecular weight is 411 g/mol. The number of allylic oxidation sites excluding steroid dienone is 2. The van der Waals surface area contributed by atoms with E-state index in [1.165, 1.54) is 16.7 Å². The molecule has 0 aliphatic carbocycles. The second-order valence-electron chi connectivity index (χ2n) is 7.99. The predicted octanol–water partition coefficient (Wildman–Crippen LogP) is 6.93. The first-order valence-electron chi connectivity index (χ1n) is 11.1. The Kier molecular flexibility index (Phi) is 8.84. The van der Waals surface area contributed by atoms with E-state index >= 15 is 0 Å². The lowest BCUT2D eigenvalue weighted by Crippen LogP contribution is -2.43. The van der Waals surface area contributed by atoms with E-state index in [0.29, 0.717) is 0 Å². The van der Waals surface area contributed by atoms with E-state index < -0.39 is 0 Å². The van der Waals surface area contributed by atoms with Crippen molar-refractivity contribution in [2.24, 2.45) is 0 Å². The van der Waals surface area contributed by atoms with Crippen LogP contribution in [0.15, 0.2) is 116 Å². The molecule has 0 saturated heterocycles. The molecule has 3 aromatic rings. The molecule has 0 radical (unpaired) electrons. The molecule has 0 spiro atoms. The number of hydrogen-bond donors (Lipinski definition) is 2. The lowest BCUT2D eigenvalue weighted by molar-refractivity contribution is 0.328. The lowest BCUT2D eigenvalue weighted by atomic mass is 9.93. The van der Waals surface area contributed by atoms with E-state index in [2.05, 4.69) is 128 Å². The summed E-state index contributed by atoms with van der Waals surface area (Å²) >= 11 is 0. The minimum Gasteiger partial charge on any atom is -0.305 e. The summed E-state index contributed by atoms with van der Waals surface area (Å²) in [5, 5.41) is 7.81. The minimum absolute atomic E-state index is 0.150. The SMILES string of the molecule is C=C/C=C/C[C@@H](N[C@@H](C)c1ccccc1)[C@H](N[C@@H](C)c1ccccc1)c1ccccc1. The van der Waals surface area contributed by atoms with Crippen molar-refractivity contribution in [2.45, 2.75) is 44.4 Å². The molecule has 0 bridgehead atoms. The summed E-state index contributed by atoms with van der Waals surface area (Å²) in [6.07, 6.45) is 6.98. The van der Waals surface area contributed by atoms with Gasteiger partial charge in [0.2, 0.25) is 0 Å². The highest BCUT2D eigenvalue weighted by Crippen LogP contribution is 2.26. The third-order valence-corrected chi connectivity index (χ3v) is 5.72. The molecule has 31 heavy (non-hydrogen) atoms. The second-order valence-corrected chi connectivity index (χ2v) is 7.99. The van der Waals surface area contributed by atoms with E-state index in [-0.39, 0.29) is 24.2 Å². The maximum Gasteiger partial charge on any atom is 0.0483 e. The highest BCUT2D eigenvalue weighted by atomic mass is 15.1. The van der Waals surface area contributed by atoms with Crippen LogP contribution in [0.1, 0.15) is 55.1 Å². The maximum absolute atomic E-state index is 3.91. The highest BCUT2D eigenvalue weighted by molar-refractivity contribution is 5.25. The van der Waals surface area contributed by atoms with Crippen LogP contribution in [0, 0.1) is 0 Å². The van der Waals surface area contributed by atoms with Crippen molar-refractivity contribution in [2.75, 3.05) is 0 Å². The van der Waals surface area contributed by atoms with Crippen LogP contribution < -0.4 is 10.6 Å². The van der Waals surface area contributed by atoms with Crippen molar-refractivity contribution >= 4 is 0 Å². The Morgan fingerprint density at radius 1 is 0.677 bits per heavy atom. The average Bonchev–Trinajstić information content (AvgIpc) is 2.83. The summed E-state index contributed by atoms with van der Waals surface area (Å²) in [7, 11) is 0. The molecule has 0 heterocycles. The fraction of sp³-hybridized carbons (Fsp3) is 0.241. The van der Waals surface area contributed by atoms with Crippen LogP contribution in [-0.4, -0.2) is 6.04 Å². The Hall–Kier alpha value is -2.94. The normalized spacial score (nSPS) is 15.3. The summed E-state index contributed by atoms with van der Waals surface area (Å²) in [5.74, 6) is 0. The number of nitrogens with one attached hydrogen (secondary N) is 2. The fourth-order valence-electron chi connectivity index (χ4n) is 3.99. The van der Waals surface area contributed by atoms with Crippen LogP contribution in [-0.2, 0) is 0 Å². The van der Waals surface area contributed by atoms with E-state index in [4.69, 9.17) is 0 Å². The second kappa shape index (κ2) is 12.0. The molecule has 4 atom stereocenters. The van der Waals surface area contributed by atoms with Gasteiger partial charge >= 0.3 is 0 Å². The Balaban J connectivity index is 1.89. The first-order valence-corrected chi connectivity index (χ1v) is 11.1. The van der Waals surface area contributed by atoms with Crippen LogP contribution in [0.5, 0.6) is 0 Å². The van der Waals surface area contributed by atoms with Crippen LogP contribution >= 0.6 is 0 Å². The van der Waals surface area contributed by atoms with Crippen molar-refractivity contribution in [3.8, 4) is 0 Å². The zero-order valence-corrected chi connectivity index (χ0v) is 18.6. The standard InChI is InChI=1S/C29H34N2/c1-4-5-9-22-28(30-23(2)25-16-10-6-11-17-25)29(27-20-14-8-15-21-27)31-24(3)26-18-12-7-13-19-26/h4-21,23-24,28-31H,1,22H2,2-3H3/b9-5+/t23-,24-,28+,29+/m0/s1. The zero-order valence-electron chi connectivity index (χ0n) is 18.6. The molecule has 3 rings (SSSR count). The summed E-state index contributed by atoms with van der Waals surface area (Å²) in [4.78, 5) is 0. The molecular formula is C29H34N2. The predicted molar refractivity (Wildman–Crippen MR) is 133 cm³/mol. The van der Waals surface area contributed by atoms with E-state index in [1.54, 1.807) is 0 Å². The quantitative estimate of drug-likeness (QED) is 0.335. The van der Waals surface area contributed by atoms with Gasteiger partial charge in [-0.3, -0.25) is 0 Å². The number of hydrogen-bond acceptors (Lipinski definition) is 2. The van der Waals surface area contributed by atoms with Gasteiger partial charge < -0.3 is 10.6 Å². The van der Waals surface area contributed by atoms with Crippen LogP contribution in [0.2, 0.25) is 0 Å². The molecule has 2 nitrogen and oxygen atoms in total. The first kappa shape index (κ1) is 22.7. The third kappa shape index (κ3) is 6.78. The molecule has 160 valence electrons. The smallest absolute Gasteiger partial charge is 0.0483 e. The summed E-state index contributed by atoms with van der Waals surface area (Å²) < 4.78 is 0. The van der Waals surface area contributed by atoms with Crippen LogP contribution in [0.3, 0.4) is 0 Å². The van der Waals surface area contributed by atoms with Gasteiger partial charge in [0.15, 0.2) is 0 Å². The lowest BCUT2D eigenvalue weighted by Gasteiger charge is -2.34. The van der Waals surface area contributed by atoms with Crippen molar-refractivity contribution in [1.29, 1.82) is 0 Å². The Bertz CT molecular complexity index is 919. The van der Waals surface area contributed by atoms with Crippen molar-refractivity contribution in [3.05, 3.63) is 132 Å². The molecule has 0 aromatic heterocycles. The molecule has 3 aromatic carbocycles. The van der Waals surface area contributed by atoms with Gasteiger partial charge in [-0.15, -0.1) is 0 Å². The highest BCUT2D eigenvalue weighted by Gasteiger charge is 2.25. The van der Waals surface area contributed by atoms with Gasteiger partial charge in [0.1, 0.15) is 0 Å². The van der Waals surface area contributed by atoms with Gasteiger partial charge in [0, 0.05) is 24.2 Å². The van der Waals surface area contributed by atoms with Gasteiger partial charge in [-0.05, 0) is 37.0 Å². The van der Waals surface area contributed by atoms with E-state index in [0.717, 1.165) is 6.42 Å². The molecule has 2 N–H and O–H groups in total. The third-order valence-electron chi connectivity index (χ3n) is 5.72. The van der Waals surface area contributed by atoms with Gasteiger partial charge in [-0.1, -0.05) is 116 Å². The molecule has 0 aliphatic heterocycles. The van der Waals surface area contributed by atoms with Gasteiger partial charge in [-0.2, -0.15) is 0 Å². The Labute approximate surface area is 187 Å². The zero-order chi connectivity index (χ0) is 21.9. The number of benzene rings is 3. The molecule has 0 fully saturated rings. The molecule has 2 heteroatoms.